The van der Waals surface area contributed by atoms with E-state index in [-0.39, 0.29) is 18.5 Å². The Morgan fingerprint density at radius 1 is 1.21 bits per heavy atom. The highest BCUT2D eigenvalue weighted by atomic mass is 19.1. The molecule has 1 aliphatic rings. The Bertz CT molecular complexity index is 996. The van der Waals surface area contributed by atoms with Crippen molar-refractivity contribution in [2.24, 2.45) is 0 Å². The molecule has 1 aliphatic heterocycles. The highest BCUT2D eigenvalue weighted by molar-refractivity contribution is 6.00. The third-order valence-corrected chi connectivity index (χ3v) is 4.83. The SMILES string of the molecule is CCc1nn2c(c1C(=O)NCc1cc(F)cc(F)c1)N[C@@H](c1ccccc1)C2. The molecule has 0 saturated carbocycles. The van der Waals surface area contributed by atoms with Gasteiger partial charge in [0.2, 0.25) is 0 Å². The summed E-state index contributed by atoms with van der Waals surface area (Å²) in [5.41, 5.74) is 2.66. The van der Waals surface area contributed by atoms with Crippen molar-refractivity contribution in [3.8, 4) is 0 Å². The third kappa shape index (κ3) is 3.47. The van der Waals surface area contributed by atoms with Crippen LogP contribution in [0.2, 0.25) is 0 Å². The molecule has 1 aromatic heterocycles. The monoisotopic (exact) mass is 382 g/mol. The zero-order valence-electron chi connectivity index (χ0n) is 15.4. The molecule has 1 amide bonds. The number of fused-ring (bicyclic) bond motifs is 1. The molecule has 144 valence electrons. The van der Waals surface area contributed by atoms with Gasteiger partial charge >= 0.3 is 0 Å². The van der Waals surface area contributed by atoms with Crippen molar-refractivity contribution >= 4 is 11.7 Å². The number of rotatable bonds is 5. The molecule has 5 nitrogen and oxygen atoms in total. The van der Waals surface area contributed by atoms with Crippen molar-refractivity contribution in [3.63, 3.8) is 0 Å². The standard InChI is InChI=1S/C21H20F2N4O/c1-2-17-19(21(28)24-11-13-8-15(22)10-16(23)9-13)20-25-18(12-27(20)26-17)14-6-4-3-5-7-14/h3-10,18,25H,2,11-12H2,1H3,(H,24,28)/t18-/m1/s1. The van der Waals surface area contributed by atoms with Gasteiger partial charge in [-0.3, -0.25) is 4.79 Å². The van der Waals surface area contributed by atoms with Gasteiger partial charge in [0, 0.05) is 12.6 Å². The molecule has 0 aliphatic carbocycles. The van der Waals surface area contributed by atoms with Gasteiger partial charge in [-0.15, -0.1) is 0 Å². The lowest BCUT2D eigenvalue weighted by atomic mass is 10.1. The summed E-state index contributed by atoms with van der Waals surface area (Å²) in [6.45, 7) is 2.60. The fourth-order valence-corrected chi connectivity index (χ4v) is 3.52. The summed E-state index contributed by atoms with van der Waals surface area (Å²) in [7, 11) is 0. The fourth-order valence-electron chi connectivity index (χ4n) is 3.52. The zero-order valence-corrected chi connectivity index (χ0v) is 15.4. The van der Waals surface area contributed by atoms with Crippen LogP contribution in [-0.4, -0.2) is 15.7 Å². The van der Waals surface area contributed by atoms with Crippen LogP contribution in [0.3, 0.4) is 0 Å². The van der Waals surface area contributed by atoms with Crippen LogP contribution in [0.15, 0.2) is 48.5 Å². The molecule has 1 atom stereocenters. The van der Waals surface area contributed by atoms with E-state index in [0.29, 0.717) is 35.6 Å². The van der Waals surface area contributed by atoms with Crippen molar-refractivity contribution in [1.29, 1.82) is 0 Å². The van der Waals surface area contributed by atoms with E-state index in [4.69, 9.17) is 0 Å². The van der Waals surface area contributed by atoms with Gasteiger partial charge in [0.25, 0.3) is 5.91 Å². The van der Waals surface area contributed by atoms with Crippen molar-refractivity contribution in [2.45, 2.75) is 32.5 Å². The van der Waals surface area contributed by atoms with Gasteiger partial charge in [0.15, 0.2) is 0 Å². The summed E-state index contributed by atoms with van der Waals surface area (Å²) in [5.74, 6) is -0.979. The van der Waals surface area contributed by atoms with E-state index in [9.17, 15) is 13.6 Å². The number of aryl methyl sites for hydroxylation is 1. The van der Waals surface area contributed by atoms with Gasteiger partial charge in [-0.25, -0.2) is 13.5 Å². The molecule has 0 bridgehead atoms. The van der Waals surface area contributed by atoms with E-state index >= 15 is 0 Å². The maximum Gasteiger partial charge on any atom is 0.257 e. The van der Waals surface area contributed by atoms with Gasteiger partial charge in [-0.1, -0.05) is 37.3 Å². The molecule has 28 heavy (non-hydrogen) atoms. The predicted octanol–water partition coefficient (Wildman–Crippen LogP) is 3.82. The Morgan fingerprint density at radius 3 is 2.61 bits per heavy atom. The van der Waals surface area contributed by atoms with E-state index in [0.717, 1.165) is 11.6 Å². The predicted molar refractivity (Wildman–Crippen MR) is 102 cm³/mol. The van der Waals surface area contributed by atoms with E-state index in [1.54, 1.807) is 0 Å². The number of hydrogen-bond acceptors (Lipinski definition) is 3. The second-order valence-corrected chi connectivity index (χ2v) is 6.77. The minimum atomic E-state index is -0.669. The molecule has 0 radical (unpaired) electrons. The van der Waals surface area contributed by atoms with Gasteiger partial charge in [-0.05, 0) is 29.7 Å². The number of benzene rings is 2. The Hall–Kier alpha value is -3.22. The molecule has 3 aromatic rings. The van der Waals surface area contributed by atoms with Crippen molar-refractivity contribution in [3.05, 3.63) is 82.5 Å². The van der Waals surface area contributed by atoms with Crippen LogP contribution in [0.5, 0.6) is 0 Å². The Balaban J connectivity index is 1.54. The topological polar surface area (TPSA) is 59.0 Å². The van der Waals surface area contributed by atoms with Crippen molar-refractivity contribution in [1.82, 2.24) is 15.1 Å². The van der Waals surface area contributed by atoms with Crippen LogP contribution >= 0.6 is 0 Å². The maximum absolute atomic E-state index is 13.4. The molecule has 7 heteroatoms. The van der Waals surface area contributed by atoms with Crippen molar-refractivity contribution in [2.75, 3.05) is 5.32 Å². The number of aromatic nitrogens is 2. The third-order valence-electron chi connectivity index (χ3n) is 4.83. The summed E-state index contributed by atoms with van der Waals surface area (Å²) in [4.78, 5) is 12.8. The lowest BCUT2D eigenvalue weighted by Gasteiger charge is -2.12. The zero-order chi connectivity index (χ0) is 19.7. The number of anilines is 1. The number of halogens is 2. The van der Waals surface area contributed by atoms with Crippen molar-refractivity contribution < 1.29 is 13.6 Å². The molecule has 0 saturated heterocycles. The largest absolute Gasteiger partial charge is 0.361 e. The average Bonchev–Trinajstić information content (AvgIpc) is 3.23. The van der Waals surface area contributed by atoms with Crippen LogP contribution in [0.4, 0.5) is 14.6 Å². The summed E-state index contributed by atoms with van der Waals surface area (Å²) in [6, 6.07) is 13.2. The lowest BCUT2D eigenvalue weighted by Crippen LogP contribution is -2.24. The smallest absolute Gasteiger partial charge is 0.257 e. The van der Waals surface area contributed by atoms with E-state index in [1.165, 1.54) is 12.1 Å². The van der Waals surface area contributed by atoms with Crippen LogP contribution in [-0.2, 0) is 19.5 Å². The molecular formula is C21H20F2N4O. The molecule has 4 rings (SSSR count). The van der Waals surface area contributed by atoms with Crippen LogP contribution in [0, 0.1) is 11.6 Å². The quantitative estimate of drug-likeness (QED) is 0.705. The first kappa shape index (κ1) is 18.2. The molecule has 0 unspecified atom stereocenters. The summed E-state index contributed by atoms with van der Waals surface area (Å²) in [5, 5.41) is 10.7. The normalized spacial score (nSPS) is 15.2. The van der Waals surface area contributed by atoms with E-state index < -0.39 is 11.6 Å². The fraction of sp³-hybridized carbons (Fsp3) is 0.238. The van der Waals surface area contributed by atoms with Gasteiger partial charge in [0.05, 0.1) is 18.3 Å². The highest BCUT2D eigenvalue weighted by Crippen LogP contribution is 2.33. The molecule has 0 fully saturated rings. The van der Waals surface area contributed by atoms with Crippen LogP contribution in [0.1, 0.15) is 40.1 Å². The van der Waals surface area contributed by atoms with Gasteiger partial charge < -0.3 is 10.6 Å². The summed E-state index contributed by atoms with van der Waals surface area (Å²) in [6.07, 6.45) is 0.606. The Kier molecular flexibility index (Phi) is 4.81. The first-order chi connectivity index (χ1) is 13.5. The van der Waals surface area contributed by atoms with Crippen LogP contribution in [0.25, 0.3) is 0 Å². The number of amides is 1. The molecule has 2 N–H and O–H groups in total. The second-order valence-electron chi connectivity index (χ2n) is 6.77. The molecule has 2 aromatic carbocycles. The summed E-state index contributed by atoms with van der Waals surface area (Å²) < 4.78 is 28.5. The Morgan fingerprint density at radius 2 is 1.93 bits per heavy atom. The first-order valence-corrected chi connectivity index (χ1v) is 9.19. The first-order valence-electron chi connectivity index (χ1n) is 9.19. The molecule has 2 heterocycles. The van der Waals surface area contributed by atoms with E-state index in [1.807, 2.05) is 41.9 Å². The number of nitrogens with zero attached hydrogens (tertiary/aromatic N) is 2. The van der Waals surface area contributed by atoms with E-state index in [2.05, 4.69) is 15.7 Å². The highest BCUT2D eigenvalue weighted by Gasteiger charge is 2.30. The molecule has 0 spiro atoms. The maximum atomic E-state index is 13.4. The summed E-state index contributed by atoms with van der Waals surface area (Å²) >= 11 is 0. The lowest BCUT2D eigenvalue weighted by molar-refractivity contribution is 0.0950. The Labute approximate surface area is 161 Å². The van der Waals surface area contributed by atoms with Gasteiger partial charge in [0.1, 0.15) is 23.0 Å². The number of carbonyl (C=O) groups is 1. The van der Waals surface area contributed by atoms with Crippen LogP contribution < -0.4 is 10.6 Å². The molecular weight excluding hydrogens is 362 g/mol. The second kappa shape index (κ2) is 7.42. The average molecular weight is 382 g/mol. The number of hydrogen-bond donors (Lipinski definition) is 2. The minimum absolute atomic E-state index is 0.0312. The van der Waals surface area contributed by atoms with Gasteiger partial charge in [-0.2, -0.15) is 5.10 Å². The number of carbonyl (C=O) groups excluding carboxylic acids is 1. The minimum Gasteiger partial charge on any atom is -0.361 e. The number of nitrogens with one attached hydrogen (secondary N) is 2.